The first-order chi connectivity index (χ1) is 14.8. The highest BCUT2D eigenvalue weighted by Gasteiger charge is 2.37. The Hall–Kier alpha value is -3.54. The third-order valence-electron chi connectivity index (χ3n) is 5.59. The summed E-state index contributed by atoms with van der Waals surface area (Å²) in [5.41, 5.74) is 2.42. The van der Waals surface area contributed by atoms with Crippen molar-refractivity contribution < 1.29 is 32.9 Å². The van der Waals surface area contributed by atoms with Gasteiger partial charge in [0.1, 0.15) is 6.04 Å². The Morgan fingerprint density at radius 1 is 1.23 bits per heavy atom. The summed E-state index contributed by atoms with van der Waals surface area (Å²) in [6.07, 6.45) is 0.365. The van der Waals surface area contributed by atoms with Crippen LogP contribution in [0.15, 0.2) is 6.07 Å². The molecule has 1 unspecified atom stereocenters. The summed E-state index contributed by atoms with van der Waals surface area (Å²) < 4.78 is 37.2. The number of hydrogen-bond donors (Lipinski definition) is 0. The molecule has 8 nitrogen and oxygen atoms in total. The van der Waals surface area contributed by atoms with E-state index in [1.165, 1.54) is 28.4 Å². The monoisotopic (exact) mass is 430 g/mol. The van der Waals surface area contributed by atoms with E-state index in [0.717, 1.165) is 0 Å². The quantitative estimate of drug-likeness (QED) is 0.649. The van der Waals surface area contributed by atoms with Crippen molar-refractivity contribution in [3.8, 4) is 28.8 Å². The molecule has 164 valence electrons. The number of carbonyl (C=O) groups is 2. The second kappa shape index (κ2) is 8.68. The van der Waals surface area contributed by atoms with E-state index < -0.39 is 23.8 Å². The highest BCUT2D eigenvalue weighted by Crippen LogP contribution is 2.47. The number of nitriles is 1. The van der Waals surface area contributed by atoms with E-state index in [9.17, 15) is 14.9 Å². The maximum absolute atomic E-state index is 15.3. The zero-order valence-electron chi connectivity index (χ0n) is 18.0. The standard InChI is InChI=1S/C22H23FN2O6/c1-11-15(6-7-17(26)29-3)25-12(10-24)8-13-14(20(25)18(11)22(27)31-5)9-16(28-2)21(30-4)19(13)23/h9,12H,6-8H2,1-5H3. The first kappa shape index (κ1) is 22.2. The minimum Gasteiger partial charge on any atom is -0.493 e. The molecule has 1 atom stereocenters. The van der Waals surface area contributed by atoms with E-state index in [0.29, 0.717) is 22.5 Å². The van der Waals surface area contributed by atoms with Crippen molar-refractivity contribution in [3.05, 3.63) is 34.3 Å². The van der Waals surface area contributed by atoms with E-state index in [2.05, 4.69) is 6.07 Å². The van der Waals surface area contributed by atoms with E-state index in [-0.39, 0.29) is 41.9 Å². The van der Waals surface area contributed by atoms with Crippen molar-refractivity contribution in [2.45, 2.75) is 32.2 Å². The summed E-state index contributed by atoms with van der Waals surface area (Å²) in [7, 11) is 5.26. The molecule has 0 spiro atoms. The zero-order valence-corrected chi connectivity index (χ0v) is 18.0. The molecule has 1 aliphatic rings. The average Bonchev–Trinajstić information content (AvgIpc) is 3.08. The van der Waals surface area contributed by atoms with Gasteiger partial charge in [0.15, 0.2) is 17.3 Å². The maximum Gasteiger partial charge on any atom is 0.340 e. The first-order valence-corrected chi connectivity index (χ1v) is 9.56. The second-order valence-electron chi connectivity index (χ2n) is 7.03. The fourth-order valence-electron chi connectivity index (χ4n) is 4.14. The molecule has 0 bridgehead atoms. The molecule has 1 aliphatic heterocycles. The molecule has 0 saturated carbocycles. The van der Waals surface area contributed by atoms with Crippen LogP contribution < -0.4 is 9.47 Å². The number of esters is 2. The van der Waals surface area contributed by atoms with Gasteiger partial charge in [-0.1, -0.05) is 0 Å². The number of carbonyl (C=O) groups excluding carboxylic acids is 2. The van der Waals surface area contributed by atoms with Crippen molar-refractivity contribution in [3.63, 3.8) is 0 Å². The van der Waals surface area contributed by atoms with Gasteiger partial charge >= 0.3 is 11.9 Å². The molecular weight excluding hydrogens is 407 g/mol. The number of ether oxygens (including phenoxy) is 4. The average molecular weight is 430 g/mol. The minimum atomic E-state index is -0.792. The third kappa shape index (κ3) is 3.48. The van der Waals surface area contributed by atoms with Crippen LogP contribution in [0.2, 0.25) is 0 Å². The molecular formula is C22H23FN2O6. The Labute approximate surface area is 179 Å². The van der Waals surface area contributed by atoms with Crippen molar-refractivity contribution in [1.29, 1.82) is 5.26 Å². The van der Waals surface area contributed by atoms with Gasteiger partial charge in [0.05, 0.1) is 52.2 Å². The largest absolute Gasteiger partial charge is 0.493 e. The number of benzene rings is 1. The molecule has 0 saturated heterocycles. The molecule has 0 fully saturated rings. The number of rotatable bonds is 6. The Morgan fingerprint density at radius 3 is 2.48 bits per heavy atom. The second-order valence-corrected chi connectivity index (χ2v) is 7.03. The summed E-state index contributed by atoms with van der Waals surface area (Å²) in [6.45, 7) is 1.72. The van der Waals surface area contributed by atoms with Crippen molar-refractivity contribution >= 4 is 11.9 Å². The number of halogens is 1. The normalized spacial score (nSPS) is 14.2. The molecule has 0 amide bonds. The van der Waals surface area contributed by atoms with Gasteiger partial charge in [-0.05, 0) is 25.0 Å². The predicted molar refractivity (Wildman–Crippen MR) is 108 cm³/mol. The number of hydrogen-bond acceptors (Lipinski definition) is 7. The summed E-state index contributed by atoms with van der Waals surface area (Å²) in [5, 5.41) is 9.87. The molecule has 0 N–H and O–H groups in total. The van der Waals surface area contributed by atoms with Gasteiger partial charge in [0, 0.05) is 23.2 Å². The summed E-state index contributed by atoms with van der Waals surface area (Å²) >= 11 is 0. The molecule has 0 aliphatic carbocycles. The lowest BCUT2D eigenvalue weighted by Gasteiger charge is -2.28. The highest BCUT2D eigenvalue weighted by molar-refractivity contribution is 6.00. The van der Waals surface area contributed by atoms with Crippen LogP contribution in [-0.4, -0.2) is 44.9 Å². The van der Waals surface area contributed by atoms with Crippen LogP contribution in [0.3, 0.4) is 0 Å². The summed E-state index contributed by atoms with van der Waals surface area (Å²) in [4.78, 5) is 24.5. The SMILES string of the molecule is COC(=O)CCc1c(C)c(C(=O)OC)c2n1C(C#N)Cc1c-2cc(OC)c(OC)c1F. The van der Waals surface area contributed by atoms with Gasteiger partial charge < -0.3 is 23.5 Å². The molecule has 2 aromatic rings. The van der Waals surface area contributed by atoms with Gasteiger partial charge in [-0.3, -0.25) is 4.79 Å². The van der Waals surface area contributed by atoms with Gasteiger partial charge in [0.2, 0.25) is 0 Å². The van der Waals surface area contributed by atoms with Crippen molar-refractivity contribution in [2.24, 2.45) is 0 Å². The van der Waals surface area contributed by atoms with Crippen LogP contribution in [0.1, 0.15) is 39.6 Å². The summed E-state index contributed by atoms with van der Waals surface area (Å²) in [6, 6.07) is 2.99. The molecule has 1 aromatic carbocycles. The lowest BCUT2D eigenvalue weighted by molar-refractivity contribution is -0.140. The summed E-state index contributed by atoms with van der Waals surface area (Å²) in [5.74, 6) is -1.59. The molecule has 31 heavy (non-hydrogen) atoms. The smallest absolute Gasteiger partial charge is 0.340 e. The van der Waals surface area contributed by atoms with Crippen LogP contribution in [0, 0.1) is 24.1 Å². The fourth-order valence-corrected chi connectivity index (χ4v) is 4.14. The van der Waals surface area contributed by atoms with Crippen LogP contribution >= 0.6 is 0 Å². The van der Waals surface area contributed by atoms with Crippen molar-refractivity contribution in [2.75, 3.05) is 28.4 Å². The Kier molecular flexibility index (Phi) is 6.20. The van der Waals surface area contributed by atoms with Crippen LogP contribution in [0.5, 0.6) is 11.5 Å². The number of nitrogens with zero attached hydrogens (tertiary/aromatic N) is 2. The first-order valence-electron chi connectivity index (χ1n) is 9.56. The third-order valence-corrected chi connectivity index (χ3v) is 5.59. The van der Waals surface area contributed by atoms with Crippen molar-refractivity contribution in [1.82, 2.24) is 4.57 Å². The van der Waals surface area contributed by atoms with E-state index in [1.807, 2.05) is 0 Å². The fraction of sp³-hybridized carbons (Fsp3) is 0.409. The zero-order chi connectivity index (χ0) is 22.9. The Balaban J connectivity index is 2.37. The number of aromatic nitrogens is 1. The van der Waals surface area contributed by atoms with Gasteiger partial charge in [-0.2, -0.15) is 5.26 Å². The van der Waals surface area contributed by atoms with Gasteiger partial charge in [0.25, 0.3) is 0 Å². The van der Waals surface area contributed by atoms with E-state index in [4.69, 9.17) is 18.9 Å². The Bertz CT molecular complexity index is 1100. The van der Waals surface area contributed by atoms with Crippen LogP contribution in [-0.2, 0) is 27.1 Å². The van der Waals surface area contributed by atoms with Crippen LogP contribution in [0.25, 0.3) is 11.3 Å². The maximum atomic E-state index is 15.3. The van der Waals surface area contributed by atoms with E-state index >= 15 is 4.39 Å². The lowest BCUT2D eigenvalue weighted by Crippen LogP contribution is -2.22. The molecule has 0 radical (unpaired) electrons. The topological polar surface area (TPSA) is 99.8 Å². The Morgan fingerprint density at radius 2 is 1.94 bits per heavy atom. The number of methoxy groups -OCH3 is 4. The van der Waals surface area contributed by atoms with E-state index in [1.54, 1.807) is 17.6 Å². The number of fused-ring (bicyclic) bond motifs is 3. The van der Waals surface area contributed by atoms with Gasteiger partial charge in [-0.15, -0.1) is 0 Å². The molecule has 3 rings (SSSR count). The lowest BCUT2D eigenvalue weighted by atomic mass is 9.91. The predicted octanol–water partition coefficient (Wildman–Crippen LogP) is 3.13. The minimum absolute atomic E-state index is 0.0605. The highest BCUT2D eigenvalue weighted by atomic mass is 19.1. The van der Waals surface area contributed by atoms with Crippen LogP contribution in [0.4, 0.5) is 4.39 Å². The molecule has 1 aromatic heterocycles. The molecule has 2 heterocycles. The molecule has 9 heteroatoms. The van der Waals surface area contributed by atoms with Gasteiger partial charge in [-0.25, -0.2) is 9.18 Å².